The zero-order valence-corrected chi connectivity index (χ0v) is 23.8. The Bertz CT molecular complexity index is 1090. The van der Waals surface area contributed by atoms with Crippen LogP contribution in [0.3, 0.4) is 0 Å². The van der Waals surface area contributed by atoms with Crippen LogP contribution in [-0.4, -0.2) is 114 Å². The van der Waals surface area contributed by atoms with Crippen LogP contribution >= 0.6 is 0 Å². The fourth-order valence-electron chi connectivity index (χ4n) is 6.85. The summed E-state index contributed by atoms with van der Waals surface area (Å²) in [5, 5.41) is 3.45. The molecule has 9 nitrogen and oxygen atoms in total. The minimum absolute atomic E-state index is 0.217. The number of nitrogens with zero attached hydrogens (tertiary/aromatic N) is 6. The van der Waals surface area contributed by atoms with Crippen LogP contribution in [-0.2, 0) is 17.9 Å². The molecule has 1 atom stereocenters. The van der Waals surface area contributed by atoms with Crippen LogP contribution in [0.15, 0.2) is 36.8 Å². The van der Waals surface area contributed by atoms with Crippen molar-refractivity contribution in [3.05, 3.63) is 53.6 Å². The third kappa shape index (κ3) is 7.18. The third-order valence-corrected chi connectivity index (χ3v) is 9.22. The Morgan fingerprint density at radius 1 is 1.00 bits per heavy atom. The number of ether oxygens (including phenoxy) is 1. The van der Waals surface area contributed by atoms with E-state index in [9.17, 15) is 4.79 Å². The van der Waals surface area contributed by atoms with Gasteiger partial charge >= 0.3 is 0 Å². The summed E-state index contributed by atoms with van der Waals surface area (Å²) >= 11 is 0. The summed E-state index contributed by atoms with van der Waals surface area (Å²) in [6, 6.07) is 8.58. The van der Waals surface area contributed by atoms with Crippen LogP contribution in [0.4, 0.5) is 0 Å². The molecule has 3 saturated heterocycles. The maximum atomic E-state index is 13.2. The molecular weight excluding hydrogens is 502 g/mol. The van der Waals surface area contributed by atoms with E-state index in [4.69, 9.17) is 4.74 Å². The second kappa shape index (κ2) is 13.4. The number of benzene rings is 1. The molecular formula is C31H45N7O2. The minimum Gasteiger partial charge on any atom is -0.492 e. The van der Waals surface area contributed by atoms with Crippen molar-refractivity contribution in [2.75, 3.05) is 78.6 Å². The zero-order valence-electron chi connectivity index (χ0n) is 23.8. The number of carbonyl (C=O) groups excluding carboxylic acids is 1. The molecule has 0 unspecified atom stereocenters. The molecule has 0 saturated carbocycles. The van der Waals surface area contributed by atoms with Crippen molar-refractivity contribution in [3.8, 4) is 5.75 Å². The lowest BCUT2D eigenvalue weighted by Crippen LogP contribution is -2.47. The Kier molecular flexibility index (Phi) is 9.22. The normalized spacial score (nSPS) is 23.3. The van der Waals surface area contributed by atoms with Crippen molar-refractivity contribution in [1.29, 1.82) is 0 Å². The molecule has 5 heterocycles. The highest BCUT2D eigenvalue weighted by molar-refractivity contribution is 5.78. The first kappa shape index (κ1) is 27.6. The molecule has 9 heteroatoms. The second-order valence-electron chi connectivity index (χ2n) is 12.1. The summed E-state index contributed by atoms with van der Waals surface area (Å²) in [6.07, 6.45) is 8.22. The summed E-state index contributed by atoms with van der Waals surface area (Å²) in [7, 11) is 0. The van der Waals surface area contributed by atoms with Gasteiger partial charge in [-0.05, 0) is 62.4 Å². The smallest absolute Gasteiger partial charge is 0.236 e. The maximum absolute atomic E-state index is 13.2. The van der Waals surface area contributed by atoms with Crippen LogP contribution in [0.5, 0.6) is 5.75 Å². The number of piperazine rings is 1. The molecule has 40 heavy (non-hydrogen) atoms. The van der Waals surface area contributed by atoms with Crippen molar-refractivity contribution < 1.29 is 9.53 Å². The first-order valence-electron chi connectivity index (χ1n) is 15.4. The number of fused-ring (bicyclic) bond motifs is 1. The average Bonchev–Trinajstić information content (AvgIpc) is 3.41. The highest BCUT2D eigenvalue weighted by Crippen LogP contribution is 2.30. The van der Waals surface area contributed by atoms with Gasteiger partial charge in [-0.3, -0.25) is 14.6 Å². The molecule has 3 fully saturated rings. The van der Waals surface area contributed by atoms with E-state index in [1.807, 2.05) is 6.20 Å². The van der Waals surface area contributed by atoms with Crippen LogP contribution in [0, 0.1) is 5.92 Å². The van der Waals surface area contributed by atoms with Crippen LogP contribution in [0.1, 0.15) is 48.4 Å². The molecule has 1 aromatic carbocycles. The number of rotatable bonds is 9. The average molecular weight is 548 g/mol. The molecule has 1 N–H and O–H groups in total. The molecule has 0 aliphatic carbocycles. The van der Waals surface area contributed by atoms with Gasteiger partial charge in [0.15, 0.2) is 0 Å². The highest BCUT2D eigenvalue weighted by Gasteiger charge is 2.28. The first-order valence-corrected chi connectivity index (χ1v) is 15.4. The van der Waals surface area contributed by atoms with Gasteiger partial charge in [-0.1, -0.05) is 12.1 Å². The molecule has 4 aliphatic rings. The predicted molar refractivity (Wildman–Crippen MR) is 155 cm³/mol. The minimum atomic E-state index is 0.217. The molecule has 0 spiro atoms. The third-order valence-electron chi connectivity index (χ3n) is 9.22. The molecule has 0 bridgehead atoms. The standard InChI is InChI=1S/C31H45N7O2/c39-31(23-37-20-28-18-33-24-34-30(28)22-37)38-10-2-4-27(21-38)26-3-1-5-29(17-26)40-16-15-35-11-6-25(7-12-35)19-36-13-8-32-9-14-36/h1,3,5,17-18,24-25,27,32H,2,4,6-16,19-23H2/t27-/m0/s1. The van der Waals surface area contributed by atoms with Gasteiger partial charge in [0.25, 0.3) is 0 Å². The van der Waals surface area contributed by atoms with Crippen molar-refractivity contribution in [1.82, 2.24) is 34.9 Å². The zero-order chi connectivity index (χ0) is 27.1. The van der Waals surface area contributed by atoms with Crippen molar-refractivity contribution in [2.24, 2.45) is 5.92 Å². The second-order valence-corrected chi connectivity index (χ2v) is 12.1. The lowest BCUT2D eigenvalue weighted by Gasteiger charge is -2.36. The molecule has 2 aromatic rings. The first-order chi connectivity index (χ1) is 19.7. The van der Waals surface area contributed by atoms with E-state index in [-0.39, 0.29) is 5.91 Å². The number of hydrogen-bond donors (Lipinski definition) is 1. The van der Waals surface area contributed by atoms with Crippen molar-refractivity contribution in [2.45, 2.75) is 44.7 Å². The van der Waals surface area contributed by atoms with E-state index in [0.717, 1.165) is 88.2 Å². The van der Waals surface area contributed by atoms with E-state index >= 15 is 0 Å². The summed E-state index contributed by atoms with van der Waals surface area (Å²) in [5.74, 6) is 2.37. The van der Waals surface area contributed by atoms with Gasteiger partial charge in [0, 0.05) is 83.1 Å². The molecule has 216 valence electrons. The Morgan fingerprint density at radius 2 is 1.88 bits per heavy atom. The topological polar surface area (TPSA) is 77.1 Å². The number of carbonyl (C=O) groups is 1. The fraction of sp³-hybridized carbons (Fsp3) is 0.645. The SMILES string of the molecule is O=C(CN1Cc2cncnc2C1)N1CCC[C@H](c2cccc(OCCN3CCC(CN4CCNCC4)CC3)c2)C1. The van der Waals surface area contributed by atoms with Crippen molar-refractivity contribution >= 4 is 5.91 Å². The van der Waals surface area contributed by atoms with Gasteiger partial charge in [0.05, 0.1) is 12.2 Å². The lowest BCUT2D eigenvalue weighted by atomic mass is 9.90. The van der Waals surface area contributed by atoms with E-state index in [0.29, 0.717) is 12.5 Å². The summed E-state index contributed by atoms with van der Waals surface area (Å²) in [4.78, 5) is 31.1. The lowest BCUT2D eigenvalue weighted by molar-refractivity contribution is -0.133. The molecule has 6 rings (SSSR count). The van der Waals surface area contributed by atoms with Gasteiger partial charge in [0.1, 0.15) is 18.7 Å². The Hall–Kier alpha value is -2.59. The quantitative estimate of drug-likeness (QED) is 0.512. The number of likely N-dealkylation sites (tertiary alicyclic amines) is 2. The Morgan fingerprint density at radius 3 is 2.73 bits per heavy atom. The number of piperidine rings is 2. The van der Waals surface area contributed by atoms with Gasteiger partial charge in [-0.2, -0.15) is 0 Å². The maximum Gasteiger partial charge on any atom is 0.236 e. The van der Waals surface area contributed by atoms with Gasteiger partial charge < -0.3 is 19.9 Å². The van der Waals surface area contributed by atoms with E-state index in [1.165, 1.54) is 51.1 Å². The molecule has 0 radical (unpaired) electrons. The van der Waals surface area contributed by atoms with Gasteiger partial charge in [-0.15, -0.1) is 0 Å². The van der Waals surface area contributed by atoms with Crippen LogP contribution in [0.2, 0.25) is 0 Å². The summed E-state index contributed by atoms with van der Waals surface area (Å²) in [5.41, 5.74) is 3.47. The molecule has 4 aliphatic heterocycles. The number of hydrogen-bond acceptors (Lipinski definition) is 8. The van der Waals surface area contributed by atoms with Crippen molar-refractivity contribution in [3.63, 3.8) is 0 Å². The van der Waals surface area contributed by atoms with Gasteiger partial charge in [-0.25, -0.2) is 9.97 Å². The Balaban J connectivity index is 0.929. The van der Waals surface area contributed by atoms with E-state index < -0.39 is 0 Å². The monoisotopic (exact) mass is 547 g/mol. The van der Waals surface area contributed by atoms with E-state index in [2.05, 4.69) is 59.1 Å². The van der Waals surface area contributed by atoms with Crippen LogP contribution in [0.25, 0.3) is 0 Å². The number of nitrogens with one attached hydrogen (secondary N) is 1. The Labute approximate surface area is 238 Å². The number of amides is 1. The number of aromatic nitrogens is 2. The fourth-order valence-corrected chi connectivity index (χ4v) is 6.85. The van der Waals surface area contributed by atoms with E-state index in [1.54, 1.807) is 6.33 Å². The highest BCUT2D eigenvalue weighted by atomic mass is 16.5. The largest absolute Gasteiger partial charge is 0.492 e. The summed E-state index contributed by atoms with van der Waals surface area (Å²) < 4.78 is 6.23. The molecule has 1 amide bonds. The predicted octanol–water partition coefficient (Wildman–Crippen LogP) is 2.19. The van der Waals surface area contributed by atoms with Crippen LogP contribution < -0.4 is 10.1 Å². The summed E-state index contributed by atoms with van der Waals surface area (Å²) in [6.45, 7) is 13.6. The van der Waals surface area contributed by atoms with Gasteiger partial charge in [0.2, 0.25) is 5.91 Å². The molecule has 1 aromatic heterocycles.